The Bertz CT molecular complexity index is 1590. The number of benzene rings is 3. The third-order valence-corrected chi connectivity index (χ3v) is 7.60. The number of aromatic amines is 1. The van der Waals surface area contributed by atoms with Gasteiger partial charge in [-0.2, -0.15) is 0 Å². The largest absolute Gasteiger partial charge is 0.480 e. The number of carboxylic acid groups (broad SMARTS) is 1. The number of carboxylic acids is 1. The SMILES string of the molecule is CC(C)CC(NC(=O)C(Cc1ccccc1)NC(=O)C(N)Cc1c[nH]c2ccccc12)C(=O)NC(Cc1ccccc1)C(=O)O. The van der Waals surface area contributed by atoms with Crippen molar-refractivity contribution in [3.63, 3.8) is 0 Å². The molecular formula is C35H41N5O5. The van der Waals surface area contributed by atoms with E-state index in [1.807, 2.05) is 80.7 Å². The summed E-state index contributed by atoms with van der Waals surface area (Å²) in [6.45, 7) is 3.80. The first-order valence-electron chi connectivity index (χ1n) is 15.1. The van der Waals surface area contributed by atoms with E-state index in [1.165, 1.54) is 0 Å². The number of hydrogen-bond donors (Lipinski definition) is 6. The molecule has 1 aromatic heterocycles. The molecule has 0 aliphatic carbocycles. The molecule has 236 valence electrons. The Balaban J connectivity index is 1.49. The number of nitrogens with one attached hydrogen (secondary N) is 4. The number of H-pyrrole nitrogens is 1. The van der Waals surface area contributed by atoms with Crippen LogP contribution in [0.2, 0.25) is 0 Å². The van der Waals surface area contributed by atoms with Crippen LogP contribution in [0.25, 0.3) is 10.9 Å². The van der Waals surface area contributed by atoms with Crippen LogP contribution in [0.3, 0.4) is 0 Å². The van der Waals surface area contributed by atoms with E-state index in [0.29, 0.717) is 0 Å². The van der Waals surface area contributed by atoms with Gasteiger partial charge < -0.3 is 31.8 Å². The monoisotopic (exact) mass is 611 g/mol. The number of fused-ring (bicyclic) bond motifs is 1. The zero-order chi connectivity index (χ0) is 32.3. The topological polar surface area (TPSA) is 166 Å². The summed E-state index contributed by atoms with van der Waals surface area (Å²) in [6, 6.07) is 21.8. The summed E-state index contributed by atoms with van der Waals surface area (Å²) in [7, 11) is 0. The molecule has 10 heteroatoms. The van der Waals surface area contributed by atoms with Crippen molar-refractivity contribution < 1.29 is 24.3 Å². The van der Waals surface area contributed by atoms with Gasteiger partial charge in [-0.3, -0.25) is 14.4 Å². The van der Waals surface area contributed by atoms with Gasteiger partial charge in [-0.1, -0.05) is 92.7 Å². The predicted molar refractivity (Wildman–Crippen MR) is 173 cm³/mol. The number of carbonyl (C=O) groups is 4. The molecule has 4 unspecified atom stereocenters. The van der Waals surface area contributed by atoms with Crippen molar-refractivity contribution in [3.05, 3.63) is 108 Å². The fourth-order valence-corrected chi connectivity index (χ4v) is 5.27. The van der Waals surface area contributed by atoms with Gasteiger partial charge >= 0.3 is 5.97 Å². The Labute approximate surface area is 262 Å². The predicted octanol–water partition coefficient (Wildman–Crippen LogP) is 3.11. The van der Waals surface area contributed by atoms with Crippen molar-refractivity contribution in [2.75, 3.05) is 0 Å². The van der Waals surface area contributed by atoms with Gasteiger partial charge in [-0.05, 0) is 41.5 Å². The lowest BCUT2D eigenvalue weighted by Gasteiger charge is -2.26. The van der Waals surface area contributed by atoms with Gasteiger partial charge in [0.2, 0.25) is 17.7 Å². The van der Waals surface area contributed by atoms with E-state index < -0.39 is 47.9 Å². The van der Waals surface area contributed by atoms with Crippen LogP contribution >= 0.6 is 0 Å². The second-order valence-corrected chi connectivity index (χ2v) is 11.7. The number of carbonyl (C=O) groups excluding carboxylic acids is 3. The molecule has 0 aliphatic rings. The fourth-order valence-electron chi connectivity index (χ4n) is 5.27. The van der Waals surface area contributed by atoms with Crippen LogP contribution in [-0.2, 0) is 38.4 Å². The molecule has 45 heavy (non-hydrogen) atoms. The molecule has 4 atom stereocenters. The first-order chi connectivity index (χ1) is 21.6. The van der Waals surface area contributed by atoms with Gasteiger partial charge in [0.15, 0.2) is 0 Å². The van der Waals surface area contributed by atoms with E-state index in [4.69, 9.17) is 5.73 Å². The maximum Gasteiger partial charge on any atom is 0.326 e. The molecule has 4 aromatic rings. The first kappa shape index (κ1) is 32.9. The Hall–Kier alpha value is -4.96. The first-order valence-corrected chi connectivity index (χ1v) is 15.1. The van der Waals surface area contributed by atoms with Gasteiger partial charge in [0.25, 0.3) is 0 Å². The zero-order valence-electron chi connectivity index (χ0n) is 25.5. The van der Waals surface area contributed by atoms with Gasteiger partial charge in [-0.25, -0.2) is 4.79 Å². The number of para-hydroxylation sites is 1. The van der Waals surface area contributed by atoms with Gasteiger partial charge in [0.05, 0.1) is 6.04 Å². The van der Waals surface area contributed by atoms with Crippen molar-refractivity contribution in [1.82, 2.24) is 20.9 Å². The minimum absolute atomic E-state index is 0.00483. The van der Waals surface area contributed by atoms with Crippen molar-refractivity contribution in [1.29, 1.82) is 0 Å². The molecular weight excluding hydrogens is 570 g/mol. The van der Waals surface area contributed by atoms with E-state index in [-0.39, 0.29) is 31.6 Å². The molecule has 0 spiro atoms. The normalized spacial score (nSPS) is 13.9. The van der Waals surface area contributed by atoms with E-state index >= 15 is 0 Å². The molecule has 0 bridgehead atoms. The van der Waals surface area contributed by atoms with Crippen molar-refractivity contribution in [2.45, 2.75) is 63.7 Å². The quantitative estimate of drug-likeness (QED) is 0.121. The smallest absolute Gasteiger partial charge is 0.326 e. The van der Waals surface area contributed by atoms with Crippen LogP contribution in [-0.4, -0.2) is 57.9 Å². The van der Waals surface area contributed by atoms with E-state index in [0.717, 1.165) is 27.6 Å². The highest BCUT2D eigenvalue weighted by Gasteiger charge is 2.31. The molecule has 7 N–H and O–H groups in total. The highest BCUT2D eigenvalue weighted by atomic mass is 16.4. The lowest BCUT2D eigenvalue weighted by Crippen LogP contribution is -2.58. The molecule has 0 fully saturated rings. The number of aliphatic carboxylic acids is 1. The Kier molecular flexibility index (Phi) is 11.5. The third kappa shape index (κ3) is 9.51. The summed E-state index contributed by atoms with van der Waals surface area (Å²) in [5, 5.41) is 19.0. The zero-order valence-corrected chi connectivity index (χ0v) is 25.5. The summed E-state index contributed by atoms with van der Waals surface area (Å²) in [5.74, 6) is -2.86. The fraction of sp³-hybridized carbons (Fsp3) is 0.314. The number of rotatable bonds is 15. The van der Waals surface area contributed by atoms with Crippen LogP contribution in [0, 0.1) is 5.92 Å². The van der Waals surface area contributed by atoms with Crippen LogP contribution in [0.15, 0.2) is 91.1 Å². The molecule has 4 rings (SSSR count). The third-order valence-electron chi connectivity index (χ3n) is 7.60. The molecule has 3 amide bonds. The number of nitrogens with two attached hydrogens (primary N) is 1. The van der Waals surface area contributed by atoms with Gasteiger partial charge in [-0.15, -0.1) is 0 Å². The number of aromatic nitrogens is 1. The summed E-state index contributed by atoms with van der Waals surface area (Å²) in [5.41, 5.74) is 9.71. The van der Waals surface area contributed by atoms with E-state index in [9.17, 15) is 24.3 Å². The Morgan fingerprint density at radius 2 is 1.20 bits per heavy atom. The molecule has 1 heterocycles. The standard InChI is InChI=1S/C35H41N5O5/c1-22(2)17-29(33(42)40-31(35(44)45)19-24-13-7-4-8-14-24)39-34(43)30(18-23-11-5-3-6-12-23)38-32(41)27(36)20-25-21-37-28-16-10-9-15-26(25)28/h3-16,21-22,27,29-31,37H,17-20,36H2,1-2H3,(H,38,41)(H,39,43)(H,40,42)(H,44,45). The highest BCUT2D eigenvalue weighted by molar-refractivity contribution is 5.94. The lowest BCUT2D eigenvalue weighted by molar-refractivity contribution is -0.142. The van der Waals surface area contributed by atoms with Crippen LogP contribution in [0.4, 0.5) is 0 Å². The summed E-state index contributed by atoms with van der Waals surface area (Å²) in [4.78, 5) is 55.7. The van der Waals surface area contributed by atoms with Crippen LogP contribution in [0.1, 0.15) is 37.0 Å². The van der Waals surface area contributed by atoms with Crippen molar-refractivity contribution in [2.24, 2.45) is 11.7 Å². The molecule has 0 radical (unpaired) electrons. The Morgan fingerprint density at radius 3 is 1.80 bits per heavy atom. The minimum Gasteiger partial charge on any atom is -0.480 e. The Morgan fingerprint density at radius 1 is 0.689 bits per heavy atom. The maximum absolute atomic E-state index is 13.7. The van der Waals surface area contributed by atoms with Crippen molar-refractivity contribution in [3.8, 4) is 0 Å². The van der Waals surface area contributed by atoms with Gasteiger partial charge in [0.1, 0.15) is 18.1 Å². The molecule has 10 nitrogen and oxygen atoms in total. The summed E-state index contributed by atoms with van der Waals surface area (Å²) in [6.07, 6.45) is 2.60. The van der Waals surface area contributed by atoms with E-state index in [1.54, 1.807) is 24.3 Å². The van der Waals surface area contributed by atoms with Crippen LogP contribution in [0.5, 0.6) is 0 Å². The highest BCUT2D eigenvalue weighted by Crippen LogP contribution is 2.19. The molecule has 3 aromatic carbocycles. The second-order valence-electron chi connectivity index (χ2n) is 11.7. The number of amides is 3. The maximum atomic E-state index is 13.7. The van der Waals surface area contributed by atoms with Crippen LogP contribution < -0.4 is 21.7 Å². The summed E-state index contributed by atoms with van der Waals surface area (Å²) >= 11 is 0. The average molecular weight is 612 g/mol. The lowest BCUT2D eigenvalue weighted by atomic mass is 9.99. The van der Waals surface area contributed by atoms with Crippen molar-refractivity contribution >= 4 is 34.6 Å². The minimum atomic E-state index is -1.19. The number of hydrogen-bond acceptors (Lipinski definition) is 5. The molecule has 0 aliphatic heterocycles. The molecule has 0 saturated carbocycles. The van der Waals surface area contributed by atoms with E-state index in [2.05, 4.69) is 20.9 Å². The molecule has 0 saturated heterocycles. The average Bonchev–Trinajstić information content (AvgIpc) is 3.43. The van der Waals surface area contributed by atoms with Gasteiger partial charge in [0, 0.05) is 29.9 Å². The summed E-state index contributed by atoms with van der Waals surface area (Å²) < 4.78 is 0. The second kappa shape index (κ2) is 15.7.